The standard InChI is InChI=1S/C7H10O2/c1-2-9-6(8)7-3-5(7)4-7/h5H,2-4H2,1H3. The highest BCUT2D eigenvalue weighted by Crippen LogP contribution is 2.75. The Morgan fingerprint density at radius 1 is 1.78 bits per heavy atom. The van der Waals surface area contributed by atoms with Crippen LogP contribution in [0.4, 0.5) is 0 Å². The summed E-state index contributed by atoms with van der Waals surface area (Å²) in [5, 5.41) is 0. The fraction of sp³-hybridized carbons (Fsp3) is 0.857. The molecule has 0 aromatic rings. The van der Waals surface area contributed by atoms with E-state index in [4.69, 9.17) is 4.74 Å². The number of esters is 1. The van der Waals surface area contributed by atoms with Gasteiger partial charge in [-0.1, -0.05) is 0 Å². The Bertz CT molecular complexity index is 156. The first-order valence-corrected chi connectivity index (χ1v) is 3.47. The Morgan fingerprint density at radius 2 is 2.33 bits per heavy atom. The molecule has 9 heavy (non-hydrogen) atoms. The molecule has 0 atom stereocenters. The fourth-order valence-corrected chi connectivity index (χ4v) is 1.31. The first-order valence-electron chi connectivity index (χ1n) is 3.47. The Labute approximate surface area is 54.2 Å². The van der Waals surface area contributed by atoms with Crippen LogP contribution in [0, 0.1) is 11.3 Å². The van der Waals surface area contributed by atoms with Gasteiger partial charge in [0.1, 0.15) is 0 Å². The van der Waals surface area contributed by atoms with Crippen LogP contribution in [0.3, 0.4) is 0 Å². The molecule has 2 heteroatoms. The minimum Gasteiger partial charge on any atom is -0.466 e. The zero-order valence-corrected chi connectivity index (χ0v) is 5.52. The maximum absolute atomic E-state index is 10.9. The first-order chi connectivity index (χ1) is 4.29. The lowest BCUT2D eigenvalue weighted by Gasteiger charge is -2.01. The van der Waals surface area contributed by atoms with Crippen LogP contribution >= 0.6 is 0 Å². The van der Waals surface area contributed by atoms with E-state index >= 15 is 0 Å². The molecule has 2 aliphatic rings. The minimum absolute atomic E-state index is 0.0509. The van der Waals surface area contributed by atoms with Crippen molar-refractivity contribution in [1.29, 1.82) is 0 Å². The SMILES string of the molecule is CCOC(=O)C12CC1C2. The van der Waals surface area contributed by atoms with Gasteiger partial charge in [0.05, 0.1) is 12.0 Å². The lowest BCUT2D eigenvalue weighted by molar-refractivity contribution is -0.147. The average molecular weight is 126 g/mol. The van der Waals surface area contributed by atoms with E-state index in [-0.39, 0.29) is 11.4 Å². The van der Waals surface area contributed by atoms with Crippen molar-refractivity contribution in [2.75, 3.05) is 6.61 Å². The van der Waals surface area contributed by atoms with E-state index < -0.39 is 0 Å². The van der Waals surface area contributed by atoms with E-state index in [2.05, 4.69) is 0 Å². The first kappa shape index (κ1) is 5.27. The van der Waals surface area contributed by atoms with Crippen LogP contribution in [-0.2, 0) is 9.53 Å². The number of carbonyl (C=O) groups excluding carboxylic acids is 1. The highest BCUT2D eigenvalue weighted by Gasteiger charge is 2.75. The maximum Gasteiger partial charge on any atom is 0.312 e. The van der Waals surface area contributed by atoms with Crippen molar-refractivity contribution < 1.29 is 9.53 Å². The molecule has 2 aliphatic carbocycles. The zero-order valence-electron chi connectivity index (χ0n) is 5.52. The molecule has 0 bridgehead atoms. The number of hydrogen-bond acceptors (Lipinski definition) is 2. The van der Waals surface area contributed by atoms with E-state index in [1.807, 2.05) is 6.92 Å². The summed E-state index contributed by atoms with van der Waals surface area (Å²) in [6, 6.07) is 0. The molecular formula is C7H10O2. The molecule has 2 nitrogen and oxygen atoms in total. The number of hydrogen-bond donors (Lipinski definition) is 0. The van der Waals surface area contributed by atoms with Gasteiger partial charge in [0, 0.05) is 0 Å². The largest absolute Gasteiger partial charge is 0.466 e. The summed E-state index contributed by atoms with van der Waals surface area (Å²) >= 11 is 0. The van der Waals surface area contributed by atoms with Gasteiger partial charge in [0.2, 0.25) is 0 Å². The monoisotopic (exact) mass is 126 g/mol. The Morgan fingerprint density at radius 3 is 2.67 bits per heavy atom. The average Bonchev–Trinajstić information content (AvgIpc) is 2.46. The Kier molecular flexibility index (Phi) is 0.765. The van der Waals surface area contributed by atoms with Gasteiger partial charge < -0.3 is 4.74 Å². The predicted octanol–water partition coefficient (Wildman–Crippen LogP) is 0.960. The lowest BCUT2D eigenvalue weighted by Crippen LogP contribution is -2.10. The molecule has 0 spiro atoms. The van der Waals surface area contributed by atoms with Gasteiger partial charge in [-0.05, 0) is 25.7 Å². The molecule has 0 aromatic heterocycles. The van der Waals surface area contributed by atoms with Gasteiger partial charge >= 0.3 is 5.97 Å². The van der Waals surface area contributed by atoms with Gasteiger partial charge in [0.25, 0.3) is 0 Å². The number of carbonyl (C=O) groups is 1. The highest BCUT2D eigenvalue weighted by atomic mass is 16.5. The van der Waals surface area contributed by atoms with Gasteiger partial charge in [-0.2, -0.15) is 0 Å². The van der Waals surface area contributed by atoms with Crippen LogP contribution < -0.4 is 0 Å². The molecular weight excluding hydrogens is 116 g/mol. The van der Waals surface area contributed by atoms with Gasteiger partial charge in [0.15, 0.2) is 0 Å². The Hall–Kier alpha value is -0.530. The van der Waals surface area contributed by atoms with Gasteiger partial charge in [-0.25, -0.2) is 0 Å². The lowest BCUT2D eigenvalue weighted by atomic mass is 10.2. The van der Waals surface area contributed by atoms with E-state index in [1.165, 1.54) is 0 Å². The maximum atomic E-state index is 10.9. The summed E-state index contributed by atoms with van der Waals surface area (Å²) < 4.78 is 4.87. The second-order valence-electron chi connectivity index (χ2n) is 2.98. The van der Waals surface area contributed by atoms with E-state index in [0.29, 0.717) is 6.61 Å². The van der Waals surface area contributed by atoms with Crippen LogP contribution in [0.15, 0.2) is 0 Å². The third-order valence-electron chi connectivity index (χ3n) is 2.36. The number of fused-ring (bicyclic) bond motifs is 1. The second kappa shape index (κ2) is 1.31. The van der Waals surface area contributed by atoms with Crippen LogP contribution in [0.5, 0.6) is 0 Å². The van der Waals surface area contributed by atoms with Crippen molar-refractivity contribution in [3.63, 3.8) is 0 Å². The Balaban J connectivity index is 1.91. The minimum atomic E-state index is 0.0509. The van der Waals surface area contributed by atoms with Crippen LogP contribution in [0.25, 0.3) is 0 Å². The predicted molar refractivity (Wildman–Crippen MR) is 31.8 cm³/mol. The molecule has 0 radical (unpaired) electrons. The molecule has 50 valence electrons. The van der Waals surface area contributed by atoms with Crippen molar-refractivity contribution in [2.24, 2.45) is 11.3 Å². The zero-order chi connectivity index (χ0) is 6.48. The molecule has 0 aromatic carbocycles. The molecule has 2 saturated carbocycles. The summed E-state index contributed by atoms with van der Waals surface area (Å²) in [5.41, 5.74) is 0.0655. The third-order valence-corrected chi connectivity index (χ3v) is 2.36. The van der Waals surface area contributed by atoms with Crippen molar-refractivity contribution in [3.05, 3.63) is 0 Å². The quantitative estimate of drug-likeness (QED) is 0.515. The summed E-state index contributed by atoms with van der Waals surface area (Å²) in [4.78, 5) is 10.9. The second-order valence-corrected chi connectivity index (χ2v) is 2.98. The fourth-order valence-electron chi connectivity index (χ4n) is 1.31. The summed E-state index contributed by atoms with van der Waals surface area (Å²) in [6.07, 6.45) is 2.21. The summed E-state index contributed by atoms with van der Waals surface area (Å²) in [5.74, 6) is 0.770. The van der Waals surface area contributed by atoms with Gasteiger partial charge in [-0.3, -0.25) is 4.79 Å². The smallest absolute Gasteiger partial charge is 0.312 e. The molecule has 0 unspecified atom stereocenters. The van der Waals surface area contributed by atoms with Crippen molar-refractivity contribution in [1.82, 2.24) is 0 Å². The molecule has 2 rings (SSSR count). The number of rotatable bonds is 2. The van der Waals surface area contributed by atoms with E-state index in [1.54, 1.807) is 0 Å². The topological polar surface area (TPSA) is 26.3 Å². The van der Waals surface area contributed by atoms with Crippen molar-refractivity contribution in [2.45, 2.75) is 19.8 Å². The third kappa shape index (κ3) is 0.533. The molecule has 0 aliphatic heterocycles. The van der Waals surface area contributed by atoms with E-state index in [9.17, 15) is 4.79 Å². The summed E-state index contributed by atoms with van der Waals surface area (Å²) in [7, 11) is 0. The molecule has 0 N–H and O–H groups in total. The van der Waals surface area contributed by atoms with Crippen LogP contribution in [0.1, 0.15) is 19.8 Å². The van der Waals surface area contributed by atoms with Crippen LogP contribution in [-0.4, -0.2) is 12.6 Å². The van der Waals surface area contributed by atoms with Crippen molar-refractivity contribution in [3.8, 4) is 0 Å². The highest BCUT2D eigenvalue weighted by molar-refractivity contribution is 5.85. The molecule has 0 heterocycles. The summed E-state index contributed by atoms with van der Waals surface area (Å²) in [6.45, 7) is 2.39. The molecule has 0 amide bonds. The van der Waals surface area contributed by atoms with E-state index in [0.717, 1.165) is 18.8 Å². The van der Waals surface area contributed by atoms with Crippen LogP contribution in [0.2, 0.25) is 0 Å². The van der Waals surface area contributed by atoms with Gasteiger partial charge in [-0.15, -0.1) is 0 Å². The molecule has 2 fully saturated rings. The normalized spacial score (nSPS) is 43.4. The molecule has 0 saturated heterocycles. The van der Waals surface area contributed by atoms with Crippen molar-refractivity contribution >= 4 is 5.97 Å². The number of ether oxygens (including phenoxy) is 1.